The molecule has 3 rings (SSSR count). The molecule has 0 N–H and O–H groups in total. The number of halogens is 1. The van der Waals surface area contributed by atoms with Gasteiger partial charge in [0.25, 0.3) is 0 Å². The Bertz CT molecular complexity index is 824. The smallest absolute Gasteiger partial charge is 0.243 e. The van der Waals surface area contributed by atoms with Crippen LogP contribution in [0, 0.1) is 5.82 Å². The molecular formula is C18H20FNO5S. The predicted octanol–water partition coefficient (Wildman–Crippen LogP) is 2.30. The number of hydrogen-bond donors (Lipinski definition) is 0. The molecule has 1 saturated heterocycles. The molecule has 1 atom stereocenters. The summed E-state index contributed by atoms with van der Waals surface area (Å²) in [4.78, 5) is 0.0454. The maximum absolute atomic E-state index is 13.1. The van der Waals surface area contributed by atoms with Gasteiger partial charge in [0.15, 0.2) is 0 Å². The van der Waals surface area contributed by atoms with Crippen molar-refractivity contribution in [1.29, 1.82) is 0 Å². The van der Waals surface area contributed by atoms with E-state index in [9.17, 15) is 12.8 Å². The molecule has 1 fully saturated rings. The average molecular weight is 381 g/mol. The molecule has 0 unspecified atom stereocenters. The second-order valence-corrected chi connectivity index (χ2v) is 7.75. The first-order valence-electron chi connectivity index (χ1n) is 8.13. The predicted molar refractivity (Wildman–Crippen MR) is 93.4 cm³/mol. The van der Waals surface area contributed by atoms with Gasteiger partial charge in [0, 0.05) is 6.54 Å². The van der Waals surface area contributed by atoms with Crippen molar-refractivity contribution in [2.24, 2.45) is 0 Å². The first-order valence-corrected chi connectivity index (χ1v) is 9.57. The molecule has 1 heterocycles. The van der Waals surface area contributed by atoms with Crippen molar-refractivity contribution in [3.63, 3.8) is 0 Å². The Balaban J connectivity index is 1.74. The summed E-state index contributed by atoms with van der Waals surface area (Å²) in [5.41, 5.74) is 0. The first kappa shape index (κ1) is 18.6. The lowest BCUT2D eigenvalue weighted by molar-refractivity contribution is 0.0722. The lowest BCUT2D eigenvalue weighted by atomic mass is 10.3. The summed E-state index contributed by atoms with van der Waals surface area (Å²) >= 11 is 0. The number of rotatable bonds is 5. The molecule has 0 aromatic heterocycles. The minimum atomic E-state index is -3.75. The van der Waals surface area contributed by atoms with E-state index >= 15 is 0 Å². The van der Waals surface area contributed by atoms with E-state index in [1.165, 1.54) is 16.4 Å². The van der Waals surface area contributed by atoms with Crippen LogP contribution in [0.2, 0.25) is 0 Å². The van der Waals surface area contributed by atoms with Crippen molar-refractivity contribution < 1.29 is 27.0 Å². The number of methoxy groups -OCH3 is 1. The van der Waals surface area contributed by atoms with Crippen LogP contribution >= 0.6 is 0 Å². The molecule has 0 bridgehead atoms. The van der Waals surface area contributed by atoms with E-state index in [0.29, 0.717) is 11.5 Å². The molecule has 2 aromatic carbocycles. The summed E-state index contributed by atoms with van der Waals surface area (Å²) in [6.45, 7) is 0.901. The number of hydrogen-bond acceptors (Lipinski definition) is 5. The fraction of sp³-hybridized carbons (Fsp3) is 0.333. The molecular weight excluding hydrogens is 361 g/mol. The summed E-state index contributed by atoms with van der Waals surface area (Å²) in [5.74, 6) is 0.819. The fourth-order valence-electron chi connectivity index (χ4n) is 2.64. The molecule has 0 radical (unpaired) electrons. The largest absolute Gasteiger partial charge is 0.497 e. The molecule has 1 aliphatic rings. The van der Waals surface area contributed by atoms with Gasteiger partial charge in [-0.3, -0.25) is 0 Å². The molecule has 0 aliphatic carbocycles. The van der Waals surface area contributed by atoms with Crippen LogP contribution in [0.15, 0.2) is 53.4 Å². The van der Waals surface area contributed by atoms with Gasteiger partial charge < -0.3 is 14.2 Å². The van der Waals surface area contributed by atoms with Crippen molar-refractivity contribution in [2.75, 3.05) is 33.4 Å². The molecule has 0 spiro atoms. The van der Waals surface area contributed by atoms with E-state index in [1.54, 1.807) is 31.4 Å². The van der Waals surface area contributed by atoms with E-state index in [-0.39, 0.29) is 31.2 Å². The zero-order valence-electron chi connectivity index (χ0n) is 14.3. The van der Waals surface area contributed by atoms with Gasteiger partial charge in [0.1, 0.15) is 23.4 Å². The topological polar surface area (TPSA) is 65.1 Å². The van der Waals surface area contributed by atoms with Gasteiger partial charge >= 0.3 is 0 Å². The van der Waals surface area contributed by atoms with Crippen LogP contribution in [-0.4, -0.2) is 52.2 Å². The Morgan fingerprint density at radius 1 is 1.08 bits per heavy atom. The highest BCUT2D eigenvalue weighted by atomic mass is 32.2. The van der Waals surface area contributed by atoms with Crippen LogP contribution in [0.4, 0.5) is 4.39 Å². The van der Waals surface area contributed by atoms with E-state index in [0.717, 1.165) is 12.1 Å². The quantitative estimate of drug-likeness (QED) is 0.795. The molecule has 140 valence electrons. The molecule has 1 aliphatic heterocycles. The second-order valence-electron chi connectivity index (χ2n) is 5.81. The Kier molecular flexibility index (Phi) is 5.75. The van der Waals surface area contributed by atoms with E-state index < -0.39 is 21.9 Å². The monoisotopic (exact) mass is 381 g/mol. The van der Waals surface area contributed by atoms with Gasteiger partial charge in [-0.1, -0.05) is 0 Å². The summed E-state index contributed by atoms with van der Waals surface area (Å²) in [6, 6.07) is 11.8. The van der Waals surface area contributed by atoms with Gasteiger partial charge in [0.05, 0.1) is 31.8 Å². The lowest BCUT2D eigenvalue weighted by Crippen LogP contribution is -2.39. The number of ether oxygens (including phenoxy) is 3. The van der Waals surface area contributed by atoms with Crippen LogP contribution in [0.25, 0.3) is 0 Å². The van der Waals surface area contributed by atoms with Crippen LogP contribution in [0.5, 0.6) is 11.5 Å². The highest BCUT2D eigenvalue weighted by molar-refractivity contribution is 7.89. The standard InChI is InChI=1S/C18H20FNO5S/c1-23-15-4-6-16(7-5-15)25-17-12-20(10-11-24-13-17)26(21,22)18-8-2-14(19)3-9-18/h2-9,17H,10-13H2,1H3/t17-/m1/s1. The minimum absolute atomic E-state index is 0.0454. The number of sulfonamides is 1. The third-order valence-corrected chi connectivity index (χ3v) is 5.89. The van der Waals surface area contributed by atoms with E-state index in [2.05, 4.69) is 0 Å². The van der Waals surface area contributed by atoms with Gasteiger partial charge in [-0.05, 0) is 48.5 Å². The van der Waals surface area contributed by atoms with Crippen molar-refractivity contribution >= 4 is 10.0 Å². The summed E-state index contributed by atoms with van der Waals surface area (Å²) in [7, 11) is -2.17. The summed E-state index contributed by atoms with van der Waals surface area (Å²) < 4.78 is 56.5. The molecule has 2 aromatic rings. The van der Waals surface area contributed by atoms with Gasteiger partial charge in [-0.15, -0.1) is 0 Å². The van der Waals surface area contributed by atoms with Gasteiger partial charge in [0.2, 0.25) is 10.0 Å². The Morgan fingerprint density at radius 2 is 1.73 bits per heavy atom. The van der Waals surface area contributed by atoms with Crippen LogP contribution in [0.3, 0.4) is 0 Å². The minimum Gasteiger partial charge on any atom is -0.497 e. The van der Waals surface area contributed by atoms with Crippen molar-refractivity contribution in [1.82, 2.24) is 4.31 Å². The molecule has 0 amide bonds. The second kappa shape index (κ2) is 8.03. The van der Waals surface area contributed by atoms with Crippen LogP contribution in [0.1, 0.15) is 0 Å². The summed E-state index contributed by atoms with van der Waals surface area (Å²) in [6.07, 6.45) is -0.457. The molecule has 6 nitrogen and oxygen atoms in total. The zero-order valence-corrected chi connectivity index (χ0v) is 15.1. The maximum Gasteiger partial charge on any atom is 0.243 e. The lowest BCUT2D eigenvalue weighted by Gasteiger charge is -2.24. The zero-order chi connectivity index (χ0) is 18.6. The Morgan fingerprint density at radius 3 is 2.38 bits per heavy atom. The Hall–Kier alpha value is -2.16. The third-order valence-electron chi connectivity index (χ3n) is 4.01. The fourth-order valence-corrected chi connectivity index (χ4v) is 4.10. The summed E-state index contributed by atoms with van der Waals surface area (Å²) in [5, 5.41) is 0. The van der Waals surface area contributed by atoms with Crippen LogP contribution < -0.4 is 9.47 Å². The number of nitrogens with zero attached hydrogens (tertiary/aromatic N) is 1. The average Bonchev–Trinajstić information content (AvgIpc) is 2.89. The SMILES string of the molecule is COc1ccc(O[C@H]2COCCN(S(=O)(=O)c3ccc(F)cc3)C2)cc1. The molecule has 0 saturated carbocycles. The number of benzene rings is 2. The third kappa shape index (κ3) is 4.32. The van der Waals surface area contributed by atoms with Gasteiger partial charge in [-0.25, -0.2) is 12.8 Å². The molecule has 26 heavy (non-hydrogen) atoms. The van der Waals surface area contributed by atoms with E-state index in [4.69, 9.17) is 14.2 Å². The first-order chi connectivity index (χ1) is 12.5. The van der Waals surface area contributed by atoms with Crippen LogP contribution in [-0.2, 0) is 14.8 Å². The highest BCUT2D eigenvalue weighted by Gasteiger charge is 2.30. The van der Waals surface area contributed by atoms with Gasteiger partial charge in [-0.2, -0.15) is 4.31 Å². The Labute approximate surface area is 152 Å². The van der Waals surface area contributed by atoms with E-state index in [1.807, 2.05) is 0 Å². The maximum atomic E-state index is 13.1. The van der Waals surface area contributed by atoms with Crippen molar-refractivity contribution in [3.05, 3.63) is 54.3 Å². The highest BCUT2D eigenvalue weighted by Crippen LogP contribution is 2.22. The molecule has 8 heteroatoms. The van der Waals surface area contributed by atoms with Crippen molar-refractivity contribution in [2.45, 2.75) is 11.0 Å². The normalized spacial score (nSPS) is 18.9. The van der Waals surface area contributed by atoms with Crippen molar-refractivity contribution in [3.8, 4) is 11.5 Å².